The number of aryl methyl sites for hydroxylation is 1. The lowest BCUT2D eigenvalue weighted by Gasteiger charge is -1.99. The molecule has 3 nitrogen and oxygen atoms in total. The molecule has 1 heterocycles. The zero-order chi connectivity index (χ0) is 10.1. The topological polar surface area (TPSA) is 38.9 Å². The van der Waals surface area contributed by atoms with Crippen molar-refractivity contribution in [3.05, 3.63) is 42.3 Å². The van der Waals surface area contributed by atoms with Gasteiger partial charge in [0.15, 0.2) is 5.82 Å². The van der Waals surface area contributed by atoms with Crippen LogP contribution in [-0.4, -0.2) is 10.1 Å². The van der Waals surface area contributed by atoms with Gasteiger partial charge in [-0.05, 0) is 31.5 Å². The second-order valence-corrected chi connectivity index (χ2v) is 2.95. The number of benzene rings is 1. The second-order valence-electron chi connectivity index (χ2n) is 2.95. The molecular formula is C10H8FN2O. The van der Waals surface area contributed by atoms with Crippen molar-refractivity contribution in [1.82, 2.24) is 10.1 Å². The van der Waals surface area contributed by atoms with Gasteiger partial charge in [-0.2, -0.15) is 4.98 Å². The summed E-state index contributed by atoms with van der Waals surface area (Å²) in [5, 5.41) is 3.63. The van der Waals surface area contributed by atoms with Crippen LogP contribution in [0.3, 0.4) is 0 Å². The van der Waals surface area contributed by atoms with Crippen molar-refractivity contribution in [2.24, 2.45) is 0 Å². The summed E-state index contributed by atoms with van der Waals surface area (Å²) in [4.78, 5) is 4.00. The second kappa shape index (κ2) is 3.21. The van der Waals surface area contributed by atoms with E-state index < -0.39 is 0 Å². The highest BCUT2D eigenvalue weighted by molar-refractivity contribution is 5.59. The Labute approximate surface area is 80.6 Å². The van der Waals surface area contributed by atoms with Gasteiger partial charge in [-0.25, -0.2) is 4.39 Å². The number of aromatic nitrogens is 2. The van der Waals surface area contributed by atoms with Crippen molar-refractivity contribution in [3.8, 4) is 11.5 Å². The van der Waals surface area contributed by atoms with Gasteiger partial charge in [-0.15, -0.1) is 0 Å². The van der Waals surface area contributed by atoms with E-state index >= 15 is 0 Å². The Morgan fingerprint density at radius 2 is 2.21 bits per heavy atom. The molecule has 1 aromatic carbocycles. The molecule has 0 N–H and O–H groups in total. The fourth-order valence-electron chi connectivity index (χ4n) is 1.15. The predicted octanol–water partition coefficient (Wildman–Crippen LogP) is 2.37. The predicted molar refractivity (Wildman–Crippen MR) is 48.9 cm³/mol. The van der Waals surface area contributed by atoms with Crippen LogP contribution in [0.4, 0.5) is 4.39 Å². The Bertz CT molecular complexity index is 465. The van der Waals surface area contributed by atoms with Gasteiger partial charge in [0.1, 0.15) is 5.82 Å². The van der Waals surface area contributed by atoms with E-state index in [1.54, 1.807) is 13.0 Å². The molecule has 0 aliphatic rings. The maximum atomic E-state index is 12.9. The maximum absolute atomic E-state index is 12.9. The van der Waals surface area contributed by atoms with E-state index in [1.807, 2.05) is 0 Å². The lowest BCUT2D eigenvalue weighted by atomic mass is 10.1. The molecule has 1 radical (unpaired) electrons. The smallest absolute Gasteiger partial charge is 0.258 e. The summed E-state index contributed by atoms with van der Waals surface area (Å²) in [6, 6.07) is 4.24. The average molecular weight is 191 g/mol. The third kappa shape index (κ3) is 1.51. The van der Waals surface area contributed by atoms with Crippen molar-refractivity contribution in [3.63, 3.8) is 0 Å². The van der Waals surface area contributed by atoms with Crippen molar-refractivity contribution in [2.45, 2.75) is 6.92 Å². The van der Waals surface area contributed by atoms with Crippen LogP contribution in [0.15, 0.2) is 22.7 Å². The van der Waals surface area contributed by atoms with Gasteiger partial charge in [0.2, 0.25) is 0 Å². The Hall–Kier alpha value is -1.71. The van der Waals surface area contributed by atoms with Gasteiger partial charge >= 0.3 is 0 Å². The van der Waals surface area contributed by atoms with E-state index in [0.717, 1.165) is 0 Å². The highest BCUT2D eigenvalue weighted by atomic mass is 19.1. The number of rotatable bonds is 1. The summed E-state index contributed by atoms with van der Waals surface area (Å²) in [6.07, 6.45) is 0. The van der Waals surface area contributed by atoms with Crippen molar-refractivity contribution in [2.75, 3.05) is 0 Å². The van der Waals surface area contributed by atoms with Crippen LogP contribution in [0, 0.1) is 19.7 Å². The van der Waals surface area contributed by atoms with Crippen LogP contribution in [-0.2, 0) is 0 Å². The van der Waals surface area contributed by atoms with E-state index in [0.29, 0.717) is 22.8 Å². The molecule has 0 fully saturated rings. The van der Waals surface area contributed by atoms with Crippen LogP contribution < -0.4 is 0 Å². The van der Waals surface area contributed by atoms with Crippen LogP contribution in [0.2, 0.25) is 0 Å². The molecule has 0 aliphatic heterocycles. The lowest BCUT2D eigenvalue weighted by Crippen LogP contribution is -1.85. The van der Waals surface area contributed by atoms with Crippen LogP contribution >= 0.6 is 0 Å². The summed E-state index contributed by atoms with van der Waals surface area (Å²) in [5.74, 6) is 0.471. The molecule has 0 unspecified atom stereocenters. The summed E-state index contributed by atoms with van der Waals surface area (Å²) in [6.45, 7) is 5.46. The van der Waals surface area contributed by atoms with E-state index in [4.69, 9.17) is 4.52 Å². The normalized spacial score (nSPS) is 10.5. The first-order chi connectivity index (χ1) is 6.66. The zero-order valence-electron chi connectivity index (χ0n) is 7.62. The molecular weight excluding hydrogens is 183 g/mol. The fraction of sp³-hybridized carbons (Fsp3) is 0.100. The summed E-state index contributed by atoms with van der Waals surface area (Å²) in [7, 11) is 0. The molecule has 0 saturated heterocycles. The van der Waals surface area contributed by atoms with Crippen molar-refractivity contribution >= 4 is 0 Å². The number of hydrogen-bond donors (Lipinski definition) is 0. The van der Waals surface area contributed by atoms with E-state index in [9.17, 15) is 4.39 Å². The van der Waals surface area contributed by atoms with Crippen molar-refractivity contribution in [1.29, 1.82) is 0 Å². The van der Waals surface area contributed by atoms with Gasteiger partial charge < -0.3 is 4.52 Å². The molecule has 1 aromatic heterocycles. The molecule has 2 rings (SSSR count). The van der Waals surface area contributed by atoms with E-state index in [2.05, 4.69) is 17.1 Å². The molecule has 4 heteroatoms. The fourth-order valence-corrected chi connectivity index (χ4v) is 1.15. The molecule has 0 spiro atoms. The first kappa shape index (κ1) is 8.87. The van der Waals surface area contributed by atoms with Gasteiger partial charge in [0.25, 0.3) is 5.89 Å². The molecule has 0 bridgehead atoms. The number of nitrogens with zero attached hydrogens (tertiary/aromatic N) is 2. The van der Waals surface area contributed by atoms with Crippen LogP contribution in [0.25, 0.3) is 11.5 Å². The van der Waals surface area contributed by atoms with E-state index in [-0.39, 0.29) is 5.82 Å². The van der Waals surface area contributed by atoms with Crippen molar-refractivity contribution < 1.29 is 8.91 Å². The Balaban J connectivity index is 2.55. The highest BCUT2D eigenvalue weighted by Crippen LogP contribution is 2.22. The number of hydrogen-bond acceptors (Lipinski definition) is 3. The molecule has 2 aromatic rings. The highest BCUT2D eigenvalue weighted by Gasteiger charge is 2.09. The third-order valence-corrected chi connectivity index (χ3v) is 1.83. The Morgan fingerprint density at radius 3 is 2.86 bits per heavy atom. The first-order valence-electron chi connectivity index (χ1n) is 4.09. The zero-order valence-corrected chi connectivity index (χ0v) is 7.62. The standard InChI is InChI=1S/C10H8FN2O/c1-6-3-4-8(11)5-9(6)10-12-7(2)13-14-10/h3-5H,1H2,2H3. The van der Waals surface area contributed by atoms with Crippen LogP contribution in [0.5, 0.6) is 0 Å². The number of halogens is 1. The largest absolute Gasteiger partial charge is 0.334 e. The minimum Gasteiger partial charge on any atom is -0.334 e. The summed E-state index contributed by atoms with van der Waals surface area (Å²) in [5.41, 5.74) is 1.20. The molecule has 14 heavy (non-hydrogen) atoms. The van der Waals surface area contributed by atoms with Gasteiger partial charge in [0.05, 0.1) is 0 Å². The van der Waals surface area contributed by atoms with Gasteiger partial charge in [-0.1, -0.05) is 11.2 Å². The van der Waals surface area contributed by atoms with Gasteiger partial charge in [-0.3, -0.25) is 0 Å². The quantitative estimate of drug-likeness (QED) is 0.694. The Kier molecular flexibility index (Phi) is 2.04. The average Bonchev–Trinajstić information content (AvgIpc) is 2.56. The lowest BCUT2D eigenvalue weighted by molar-refractivity contribution is 0.425. The minimum atomic E-state index is -0.344. The molecule has 0 atom stereocenters. The molecule has 0 saturated carbocycles. The third-order valence-electron chi connectivity index (χ3n) is 1.83. The maximum Gasteiger partial charge on any atom is 0.258 e. The monoisotopic (exact) mass is 191 g/mol. The van der Waals surface area contributed by atoms with Crippen LogP contribution in [0.1, 0.15) is 11.4 Å². The summed E-state index contributed by atoms with van der Waals surface area (Å²) < 4.78 is 17.8. The molecule has 71 valence electrons. The van der Waals surface area contributed by atoms with Gasteiger partial charge in [0, 0.05) is 5.56 Å². The SMILES string of the molecule is [CH2]c1ccc(F)cc1-c1nc(C)no1. The molecule has 0 amide bonds. The summed E-state index contributed by atoms with van der Waals surface area (Å²) >= 11 is 0. The minimum absolute atomic E-state index is 0.298. The Morgan fingerprint density at radius 1 is 1.43 bits per heavy atom. The van der Waals surface area contributed by atoms with E-state index in [1.165, 1.54) is 12.1 Å². The molecule has 0 aliphatic carbocycles. The first-order valence-corrected chi connectivity index (χ1v) is 4.09.